The molecule has 0 radical (unpaired) electrons. The highest BCUT2D eigenvalue weighted by atomic mass is 127. The van der Waals surface area contributed by atoms with Gasteiger partial charge in [0.2, 0.25) is 0 Å². The lowest BCUT2D eigenvalue weighted by Gasteiger charge is -2.03. The van der Waals surface area contributed by atoms with E-state index in [1.165, 1.54) is 0 Å². The summed E-state index contributed by atoms with van der Waals surface area (Å²) in [5.74, 6) is 0. The fourth-order valence-electron chi connectivity index (χ4n) is 1.19. The van der Waals surface area contributed by atoms with Crippen LogP contribution in [-0.2, 0) is 0 Å². The van der Waals surface area contributed by atoms with Gasteiger partial charge in [-0.1, -0.05) is 0 Å². The number of rotatable bonds is 1. The van der Waals surface area contributed by atoms with Crippen molar-refractivity contribution in [2.75, 3.05) is 0 Å². The van der Waals surface area contributed by atoms with Crippen molar-refractivity contribution in [1.29, 1.82) is 5.26 Å². The molecule has 0 unspecified atom stereocenters. The van der Waals surface area contributed by atoms with Crippen LogP contribution in [0.5, 0.6) is 0 Å². The van der Waals surface area contributed by atoms with Gasteiger partial charge in [-0.2, -0.15) is 10.4 Å². The molecule has 0 bridgehead atoms. The van der Waals surface area contributed by atoms with Gasteiger partial charge in [0, 0.05) is 10.7 Å². The molecule has 0 atom stereocenters. The normalized spacial score (nSPS) is 9.93. The number of hydrogen-bond acceptors (Lipinski definition) is 2. The molecule has 2 aromatic rings. The molecule has 1 aromatic heterocycles. The molecule has 0 saturated carbocycles. The van der Waals surface area contributed by atoms with Crippen LogP contribution in [0.2, 0.25) is 0 Å². The third-order valence-corrected chi connectivity index (χ3v) is 3.07. The van der Waals surface area contributed by atoms with Crippen LogP contribution in [0.4, 0.5) is 0 Å². The zero-order valence-electron chi connectivity index (χ0n) is 7.48. The Morgan fingerprint density at radius 1 is 1.47 bits per heavy atom. The largest absolute Gasteiger partial charge is 0.239 e. The van der Waals surface area contributed by atoms with E-state index in [9.17, 15) is 0 Å². The van der Waals surface area contributed by atoms with E-state index >= 15 is 0 Å². The third-order valence-electron chi connectivity index (χ3n) is 1.87. The van der Waals surface area contributed by atoms with Gasteiger partial charge < -0.3 is 0 Å². The number of benzene rings is 1. The molecule has 2 rings (SSSR count). The topological polar surface area (TPSA) is 41.6 Å². The summed E-state index contributed by atoms with van der Waals surface area (Å²) >= 11 is 5.62. The Morgan fingerprint density at radius 3 is 2.80 bits per heavy atom. The molecule has 0 aliphatic heterocycles. The average Bonchev–Trinajstić information content (AvgIpc) is 2.64. The molecule has 1 heterocycles. The van der Waals surface area contributed by atoms with Crippen LogP contribution in [0.25, 0.3) is 5.69 Å². The minimum absolute atomic E-state index is 0.632. The third kappa shape index (κ3) is 2.21. The van der Waals surface area contributed by atoms with Crippen LogP contribution in [0, 0.1) is 14.9 Å². The van der Waals surface area contributed by atoms with Crippen LogP contribution in [0.3, 0.4) is 0 Å². The number of hydrogen-bond donors (Lipinski definition) is 0. The van der Waals surface area contributed by atoms with Crippen molar-refractivity contribution < 1.29 is 0 Å². The lowest BCUT2D eigenvalue weighted by atomic mass is 10.2. The lowest BCUT2D eigenvalue weighted by Crippen LogP contribution is -1.95. The maximum absolute atomic E-state index is 8.73. The molecule has 0 saturated heterocycles. The monoisotopic (exact) mass is 373 g/mol. The molecule has 15 heavy (non-hydrogen) atoms. The molecular formula is C10H5BrIN3. The van der Waals surface area contributed by atoms with Crippen LogP contribution < -0.4 is 0 Å². The van der Waals surface area contributed by atoms with Gasteiger partial charge in [-0.15, -0.1) is 0 Å². The molecule has 1 aromatic carbocycles. The number of aromatic nitrogens is 2. The first-order chi connectivity index (χ1) is 7.20. The van der Waals surface area contributed by atoms with E-state index in [-0.39, 0.29) is 0 Å². The molecule has 3 nitrogen and oxygen atoms in total. The summed E-state index contributed by atoms with van der Waals surface area (Å²) in [6.45, 7) is 0. The predicted octanol–water partition coefficient (Wildman–Crippen LogP) is 3.11. The van der Waals surface area contributed by atoms with E-state index in [2.05, 4.69) is 49.7 Å². The Balaban J connectivity index is 2.51. The fraction of sp³-hybridized carbons (Fsp3) is 0. The van der Waals surface area contributed by atoms with E-state index in [1.54, 1.807) is 23.0 Å². The summed E-state index contributed by atoms with van der Waals surface area (Å²) in [7, 11) is 0. The second-order valence-corrected chi connectivity index (χ2v) is 4.98. The van der Waals surface area contributed by atoms with Crippen molar-refractivity contribution in [2.24, 2.45) is 0 Å². The van der Waals surface area contributed by atoms with Gasteiger partial charge in [-0.3, -0.25) is 0 Å². The van der Waals surface area contributed by atoms with Gasteiger partial charge in [0.05, 0.1) is 27.1 Å². The SMILES string of the molecule is N#Cc1ccc(-n2cc(I)cn2)c(Br)c1. The minimum Gasteiger partial charge on any atom is -0.239 e. The van der Waals surface area contributed by atoms with Gasteiger partial charge in [-0.05, 0) is 56.7 Å². The van der Waals surface area contributed by atoms with Crippen molar-refractivity contribution in [2.45, 2.75) is 0 Å². The van der Waals surface area contributed by atoms with Crippen LogP contribution >= 0.6 is 38.5 Å². The smallest absolute Gasteiger partial charge is 0.0992 e. The number of nitrogens with zero attached hydrogens (tertiary/aromatic N) is 3. The van der Waals surface area contributed by atoms with E-state index in [4.69, 9.17) is 5.26 Å². The Morgan fingerprint density at radius 2 is 2.27 bits per heavy atom. The molecule has 0 amide bonds. The standard InChI is InChI=1S/C10H5BrIN3/c11-9-3-7(4-13)1-2-10(9)15-6-8(12)5-14-15/h1-3,5-6H. The predicted molar refractivity (Wildman–Crippen MR) is 68.7 cm³/mol. The van der Waals surface area contributed by atoms with Gasteiger partial charge >= 0.3 is 0 Å². The molecule has 5 heteroatoms. The zero-order chi connectivity index (χ0) is 10.8. The van der Waals surface area contributed by atoms with Crippen molar-refractivity contribution in [3.05, 3.63) is 44.2 Å². The highest BCUT2D eigenvalue weighted by Crippen LogP contribution is 2.22. The summed E-state index contributed by atoms with van der Waals surface area (Å²) in [5.41, 5.74) is 1.56. The van der Waals surface area contributed by atoms with E-state index < -0.39 is 0 Å². The first kappa shape index (κ1) is 10.6. The molecular weight excluding hydrogens is 369 g/mol. The van der Waals surface area contributed by atoms with E-state index in [0.29, 0.717) is 5.56 Å². The zero-order valence-corrected chi connectivity index (χ0v) is 11.2. The van der Waals surface area contributed by atoms with Crippen molar-refractivity contribution in [3.63, 3.8) is 0 Å². The summed E-state index contributed by atoms with van der Waals surface area (Å²) < 4.78 is 3.71. The minimum atomic E-state index is 0.632. The average molecular weight is 374 g/mol. The highest BCUT2D eigenvalue weighted by molar-refractivity contribution is 14.1. The summed E-state index contributed by atoms with van der Waals surface area (Å²) in [5, 5.41) is 12.9. The number of halogens is 2. The molecule has 0 spiro atoms. The Bertz CT molecular complexity index is 542. The first-order valence-electron chi connectivity index (χ1n) is 4.11. The lowest BCUT2D eigenvalue weighted by molar-refractivity contribution is 0.876. The van der Waals surface area contributed by atoms with Gasteiger partial charge in [0.1, 0.15) is 0 Å². The number of nitriles is 1. The van der Waals surface area contributed by atoms with Gasteiger partial charge in [0.15, 0.2) is 0 Å². The summed E-state index contributed by atoms with van der Waals surface area (Å²) in [4.78, 5) is 0. The molecule has 0 aliphatic carbocycles. The molecule has 74 valence electrons. The Labute approximate surface area is 109 Å². The van der Waals surface area contributed by atoms with E-state index in [0.717, 1.165) is 13.7 Å². The molecule has 0 N–H and O–H groups in total. The second kappa shape index (κ2) is 4.33. The quantitative estimate of drug-likeness (QED) is 0.721. The summed E-state index contributed by atoms with van der Waals surface area (Å²) in [6, 6.07) is 7.51. The Hall–Kier alpha value is -0.870. The van der Waals surface area contributed by atoms with Crippen molar-refractivity contribution >= 4 is 38.5 Å². The van der Waals surface area contributed by atoms with Crippen molar-refractivity contribution in [1.82, 2.24) is 9.78 Å². The van der Waals surface area contributed by atoms with Gasteiger partial charge in [-0.25, -0.2) is 4.68 Å². The summed E-state index contributed by atoms with van der Waals surface area (Å²) in [6.07, 6.45) is 3.71. The van der Waals surface area contributed by atoms with Crippen LogP contribution in [-0.4, -0.2) is 9.78 Å². The van der Waals surface area contributed by atoms with Crippen molar-refractivity contribution in [3.8, 4) is 11.8 Å². The van der Waals surface area contributed by atoms with Crippen LogP contribution in [0.1, 0.15) is 5.56 Å². The first-order valence-corrected chi connectivity index (χ1v) is 5.98. The molecule has 0 aliphatic rings. The van der Waals surface area contributed by atoms with Crippen LogP contribution in [0.15, 0.2) is 35.1 Å². The van der Waals surface area contributed by atoms with E-state index in [1.807, 2.05) is 12.3 Å². The maximum atomic E-state index is 8.73. The Kier molecular flexibility index (Phi) is 3.07. The fourth-order valence-corrected chi connectivity index (χ4v) is 2.14. The maximum Gasteiger partial charge on any atom is 0.0992 e. The molecule has 0 fully saturated rings. The second-order valence-electron chi connectivity index (χ2n) is 2.88. The highest BCUT2D eigenvalue weighted by Gasteiger charge is 2.04. The van der Waals surface area contributed by atoms with Gasteiger partial charge in [0.25, 0.3) is 0 Å².